The molecule has 1 aromatic heterocycles. The van der Waals surface area contributed by atoms with Gasteiger partial charge in [-0.25, -0.2) is 0 Å². The molecule has 0 aliphatic heterocycles. The first kappa shape index (κ1) is 8.14. The predicted molar refractivity (Wildman–Crippen MR) is 42.1 cm³/mol. The molecular weight excluding hydrogens is 140 g/mol. The fraction of sp³-hybridized carbons (Fsp3) is 0.500. The molecule has 1 unspecified atom stereocenters. The van der Waals surface area contributed by atoms with Crippen LogP contribution in [0.2, 0.25) is 0 Å². The molecular formula is C8H12N2O. The first-order valence-corrected chi connectivity index (χ1v) is 3.72. The van der Waals surface area contributed by atoms with Crippen LogP contribution in [0, 0.1) is 0 Å². The Bertz CT molecular complexity index is 201. The highest BCUT2D eigenvalue weighted by Gasteiger charge is 2.04. The van der Waals surface area contributed by atoms with E-state index in [1.54, 1.807) is 18.6 Å². The van der Waals surface area contributed by atoms with E-state index in [-0.39, 0.29) is 6.10 Å². The molecule has 0 aromatic carbocycles. The molecule has 0 bridgehead atoms. The molecule has 0 saturated heterocycles. The fourth-order valence-electron chi connectivity index (χ4n) is 0.856. The molecule has 0 saturated carbocycles. The second-order valence-corrected chi connectivity index (χ2v) is 2.23. The zero-order chi connectivity index (χ0) is 8.10. The van der Waals surface area contributed by atoms with Gasteiger partial charge in [-0.3, -0.25) is 9.97 Å². The van der Waals surface area contributed by atoms with E-state index in [4.69, 9.17) is 4.74 Å². The third-order valence-corrected chi connectivity index (χ3v) is 1.42. The summed E-state index contributed by atoms with van der Waals surface area (Å²) in [5.41, 5.74) is 0.884. The van der Waals surface area contributed by atoms with Gasteiger partial charge in [0.05, 0.1) is 18.0 Å². The monoisotopic (exact) mass is 152 g/mol. The Balaban J connectivity index is 2.61. The van der Waals surface area contributed by atoms with Crippen LogP contribution in [0.25, 0.3) is 0 Å². The summed E-state index contributed by atoms with van der Waals surface area (Å²) in [6.07, 6.45) is 5.10. The Hall–Kier alpha value is -0.960. The van der Waals surface area contributed by atoms with Gasteiger partial charge < -0.3 is 4.74 Å². The third-order valence-electron chi connectivity index (χ3n) is 1.42. The van der Waals surface area contributed by atoms with Crippen molar-refractivity contribution >= 4 is 0 Å². The Morgan fingerprint density at radius 2 is 2.36 bits per heavy atom. The zero-order valence-corrected chi connectivity index (χ0v) is 6.82. The fourth-order valence-corrected chi connectivity index (χ4v) is 0.856. The number of aromatic nitrogens is 2. The van der Waals surface area contributed by atoms with Gasteiger partial charge in [0.2, 0.25) is 0 Å². The lowest BCUT2D eigenvalue weighted by molar-refractivity contribution is 0.0731. The molecule has 1 aromatic rings. The highest BCUT2D eigenvalue weighted by molar-refractivity contribution is 4.97. The summed E-state index contributed by atoms with van der Waals surface area (Å²) in [7, 11) is 0. The van der Waals surface area contributed by atoms with Crippen molar-refractivity contribution < 1.29 is 4.74 Å². The van der Waals surface area contributed by atoms with E-state index in [0.29, 0.717) is 6.61 Å². The average molecular weight is 152 g/mol. The van der Waals surface area contributed by atoms with E-state index in [9.17, 15) is 0 Å². The molecule has 0 N–H and O–H groups in total. The van der Waals surface area contributed by atoms with Crippen molar-refractivity contribution in [1.82, 2.24) is 9.97 Å². The van der Waals surface area contributed by atoms with Crippen LogP contribution in [0.15, 0.2) is 18.6 Å². The van der Waals surface area contributed by atoms with Crippen LogP contribution in [0.5, 0.6) is 0 Å². The van der Waals surface area contributed by atoms with E-state index < -0.39 is 0 Å². The van der Waals surface area contributed by atoms with Crippen LogP contribution in [-0.4, -0.2) is 16.6 Å². The maximum atomic E-state index is 5.33. The minimum Gasteiger partial charge on any atom is -0.372 e. The summed E-state index contributed by atoms with van der Waals surface area (Å²) in [5.74, 6) is 0. The summed E-state index contributed by atoms with van der Waals surface area (Å²) in [6, 6.07) is 0. The molecule has 1 atom stereocenters. The lowest BCUT2D eigenvalue weighted by Gasteiger charge is -2.08. The Labute approximate surface area is 66.4 Å². The van der Waals surface area contributed by atoms with Crippen molar-refractivity contribution in [2.24, 2.45) is 0 Å². The largest absolute Gasteiger partial charge is 0.372 e. The number of ether oxygens (including phenoxy) is 1. The van der Waals surface area contributed by atoms with Crippen LogP contribution in [-0.2, 0) is 4.74 Å². The molecule has 60 valence electrons. The van der Waals surface area contributed by atoms with Crippen LogP contribution in [0.3, 0.4) is 0 Å². The summed E-state index contributed by atoms with van der Waals surface area (Å²) in [5, 5.41) is 0. The molecule has 0 radical (unpaired) electrons. The summed E-state index contributed by atoms with van der Waals surface area (Å²) in [6.45, 7) is 4.64. The number of nitrogens with zero attached hydrogens (tertiary/aromatic N) is 2. The molecule has 0 aliphatic rings. The number of hydrogen-bond acceptors (Lipinski definition) is 3. The molecule has 0 fully saturated rings. The number of hydrogen-bond donors (Lipinski definition) is 0. The van der Waals surface area contributed by atoms with Crippen molar-refractivity contribution in [2.45, 2.75) is 20.0 Å². The van der Waals surface area contributed by atoms with Crippen molar-refractivity contribution in [1.29, 1.82) is 0 Å². The van der Waals surface area contributed by atoms with Crippen molar-refractivity contribution in [2.75, 3.05) is 6.61 Å². The van der Waals surface area contributed by atoms with Gasteiger partial charge >= 0.3 is 0 Å². The Morgan fingerprint density at radius 3 is 2.91 bits per heavy atom. The molecule has 1 heterocycles. The van der Waals surface area contributed by atoms with E-state index >= 15 is 0 Å². The molecule has 0 spiro atoms. The van der Waals surface area contributed by atoms with Crippen LogP contribution in [0.1, 0.15) is 25.6 Å². The van der Waals surface area contributed by atoms with Gasteiger partial charge in [0.25, 0.3) is 0 Å². The van der Waals surface area contributed by atoms with E-state index in [2.05, 4.69) is 9.97 Å². The average Bonchev–Trinajstić information content (AvgIpc) is 2.07. The first-order valence-electron chi connectivity index (χ1n) is 3.72. The van der Waals surface area contributed by atoms with Gasteiger partial charge in [0, 0.05) is 19.0 Å². The normalized spacial score (nSPS) is 12.9. The lowest BCUT2D eigenvalue weighted by Crippen LogP contribution is -2.01. The van der Waals surface area contributed by atoms with Gasteiger partial charge in [-0.15, -0.1) is 0 Å². The molecule has 0 amide bonds. The smallest absolute Gasteiger partial charge is 0.0982 e. The van der Waals surface area contributed by atoms with Gasteiger partial charge in [-0.2, -0.15) is 0 Å². The molecule has 11 heavy (non-hydrogen) atoms. The van der Waals surface area contributed by atoms with Gasteiger partial charge in [-0.1, -0.05) is 0 Å². The molecule has 3 heteroatoms. The standard InChI is InChI=1S/C8H12N2O/c1-3-11-7(2)8-6-9-4-5-10-8/h4-7H,3H2,1-2H3. The summed E-state index contributed by atoms with van der Waals surface area (Å²) >= 11 is 0. The maximum Gasteiger partial charge on any atom is 0.0982 e. The highest BCUT2D eigenvalue weighted by Crippen LogP contribution is 2.10. The predicted octanol–water partition coefficient (Wildman–Crippen LogP) is 1.57. The lowest BCUT2D eigenvalue weighted by atomic mass is 10.3. The minimum atomic E-state index is 0.0497. The molecule has 1 rings (SSSR count). The van der Waals surface area contributed by atoms with Gasteiger partial charge in [0.15, 0.2) is 0 Å². The van der Waals surface area contributed by atoms with Crippen molar-refractivity contribution in [3.8, 4) is 0 Å². The van der Waals surface area contributed by atoms with E-state index in [0.717, 1.165) is 5.69 Å². The Morgan fingerprint density at radius 1 is 1.55 bits per heavy atom. The maximum absolute atomic E-state index is 5.33. The molecule has 3 nitrogen and oxygen atoms in total. The SMILES string of the molecule is CCOC(C)c1cnccn1. The molecule has 0 aliphatic carbocycles. The third kappa shape index (κ3) is 2.27. The van der Waals surface area contributed by atoms with Gasteiger partial charge in [0.1, 0.15) is 0 Å². The number of rotatable bonds is 3. The summed E-state index contributed by atoms with van der Waals surface area (Å²) in [4.78, 5) is 8.06. The highest BCUT2D eigenvalue weighted by atomic mass is 16.5. The van der Waals surface area contributed by atoms with Crippen LogP contribution >= 0.6 is 0 Å². The Kier molecular flexibility index (Phi) is 2.98. The quantitative estimate of drug-likeness (QED) is 0.659. The van der Waals surface area contributed by atoms with Gasteiger partial charge in [-0.05, 0) is 13.8 Å². The topological polar surface area (TPSA) is 35.0 Å². The second kappa shape index (κ2) is 4.03. The second-order valence-electron chi connectivity index (χ2n) is 2.23. The van der Waals surface area contributed by atoms with Crippen LogP contribution < -0.4 is 0 Å². The first-order chi connectivity index (χ1) is 5.34. The van der Waals surface area contributed by atoms with E-state index in [1.807, 2.05) is 13.8 Å². The van der Waals surface area contributed by atoms with Crippen molar-refractivity contribution in [3.05, 3.63) is 24.3 Å². The minimum absolute atomic E-state index is 0.0497. The zero-order valence-electron chi connectivity index (χ0n) is 6.82. The van der Waals surface area contributed by atoms with Crippen molar-refractivity contribution in [3.63, 3.8) is 0 Å². The summed E-state index contributed by atoms with van der Waals surface area (Å²) < 4.78 is 5.33. The van der Waals surface area contributed by atoms with Crippen LogP contribution in [0.4, 0.5) is 0 Å². The van der Waals surface area contributed by atoms with E-state index in [1.165, 1.54) is 0 Å².